The SMILES string of the molecule is CCC(Cc1cccc(-c2ccc(OC)c(CNC(=O)c3sc(-c4ccc(C)cc4)nc3C)c2)c1)C(=O)O. The molecular weight excluding hydrogens is 496 g/mol. The number of aromatic nitrogens is 1. The van der Waals surface area contributed by atoms with Gasteiger partial charge in [-0.1, -0.05) is 67.1 Å². The summed E-state index contributed by atoms with van der Waals surface area (Å²) in [6.45, 7) is 6.08. The van der Waals surface area contributed by atoms with Crippen molar-refractivity contribution >= 4 is 23.2 Å². The van der Waals surface area contributed by atoms with Crippen LogP contribution in [0, 0.1) is 19.8 Å². The number of rotatable bonds is 10. The van der Waals surface area contributed by atoms with Crippen molar-refractivity contribution in [2.75, 3.05) is 7.11 Å². The number of carbonyl (C=O) groups is 2. The van der Waals surface area contributed by atoms with E-state index in [-0.39, 0.29) is 5.91 Å². The Morgan fingerprint density at radius 3 is 2.39 bits per heavy atom. The Hall–Kier alpha value is -3.97. The zero-order valence-corrected chi connectivity index (χ0v) is 22.9. The average Bonchev–Trinajstić information content (AvgIpc) is 3.32. The highest BCUT2D eigenvalue weighted by Gasteiger charge is 2.18. The number of nitrogens with one attached hydrogen (secondary N) is 1. The third-order valence-corrected chi connectivity index (χ3v) is 7.81. The van der Waals surface area contributed by atoms with E-state index in [0.717, 1.165) is 32.8 Å². The van der Waals surface area contributed by atoms with Gasteiger partial charge >= 0.3 is 5.97 Å². The van der Waals surface area contributed by atoms with Gasteiger partial charge in [-0.05, 0) is 55.5 Å². The first-order valence-corrected chi connectivity index (χ1v) is 13.4. The monoisotopic (exact) mass is 528 g/mol. The summed E-state index contributed by atoms with van der Waals surface area (Å²) in [5.41, 5.74) is 6.65. The summed E-state index contributed by atoms with van der Waals surface area (Å²) in [4.78, 5) is 29.8. The van der Waals surface area contributed by atoms with Crippen molar-refractivity contribution in [2.24, 2.45) is 5.92 Å². The lowest BCUT2D eigenvalue weighted by atomic mass is 9.94. The van der Waals surface area contributed by atoms with E-state index in [9.17, 15) is 14.7 Å². The van der Waals surface area contributed by atoms with E-state index in [0.29, 0.717) is 35.7 Å². The predicted molar refractivity (Wildman–Crippen MR) is 152 cm³/mol. The van der Waals surface area contributed by atoms with Gasteiger partial charge in [0.05, 0.1) is 18.7 Å². The standard InChI is InChI=1S/C31H32N2O4S/c1-5-22(31(35)36)15-21-7-6-8-24(16-21)25-13-14-27(37-4)26(17-25)18-32-29(34)28-20(3)33-30(38-28)23-11-9-19(2)10-12-23/h6-14,16-17,22H,5,15,18H2,1-4H3,(H,32,34)(H,35,36). The minimum atomic E-state index is -0.775. The number of carboxylic acids is 1. The van der Waals surface area contributed by atoms with Crippen molar-refractivity contribution in [2.45, 2.75) is 40.2 Å². The van der Waals surface area contributed by atoms with E-state index in [4.69, 9.17) is 4.74 Å². The molecule has 0 aliphatic carbocycles. The molecular formula is C31H32N2O4S. The molecule has 4 aromatic rings. The lowest BCUT2D eigenvalue weighted by Crippen LogP contribution is -2.22. The van der Waals surface area contributed by atoms with Gasteiger partial charge in [0.25, 0.3) is 5.91 Å². The third kappa shape index (κ3) is 6.29. The molecule has 3 aromatic carbocycles. The quantitative estimate of drug-likeness (QED) is 0.240. The van der Waals surface area contributed by atoms with E-state index in [2.05, 4.69) is 10.3 Å². The van der Waals surface area contributed by atoms with Crippen LogP contribution in [0.5, 0.6) is 5.75 Å². The number of hydrogen-bond acceptors (Lipinski definition) is 5. The molecule has 38 heavy (non-hydrogen) atoms. The normalized spacial score (nSPS) is 11.7. The summed E-state index contributed by atoms with van der Waals surface area (Å²) in [6.07, 6.45) is 1.06. The largest absolute Gasteiger partial charge is 0.496 e. The average molecular weight is 529 g/mol. The molecule has 0 fully saturated rings. The zero-order chi connectivity index (χ0) is 27.2. The van der Waals surface area contributed by atoms with Gasteiger partial charge in [-0.25, -0.2) is 4.98 Å². The van der Waals surface area contributed by atoms with Crippen LogP contribution < -0.4 is 10.1 Å². The van der Waals surface area contributed by atoms with E-state index in [1.54, 1.807) is 7.11 Å². The highest BCUT2D eigenvalue weighted by atomic mass is 32.1. The second kappa shape index (κ2) is 12.0. The van der Waals surface area contributed by atoms with Crippen LogP contribution in [0.2, 0.25) is 0 Å². The molecule has 2 N–H and O–H groups in total. The number of amides is 1. The summed E-state index contributed by atoms with van der Waals surface area (Å²) >= 11 is 1.39. The predicted octanol–water partition coefficient (Wildman–Crippen LogP) is 6.69. The van der Waals surface area contributed by atoms with E-state index in [1.165, 1.54) is 16.9 Å². The number of nitrogens with zero attached hydrogens (tertiary/aromatic N) is 1. The molecule has 0 saturated heterocycles. The Kier molecular flexibility index (Phi) is 8.59. The molecule has 1 heterocycles. The molecule has 1 amide bonds. The molecule has 1 aromatic heterocycles. The first-order valence-electron chi connectivity index (χ1n) is 12.6. The van der Waals surface area contributed by atoms with Gasteiger partial charge in [0.1, 0.15) is 15.6 Å². The Bertz CT molecular complexity index is 1440. The molecule has 0 aliphatic rings. The van der Waals surface area contributed by atoms with Crippen molar-refractivity contribution in [3.63, 3.8) is 0 Å². The van der Waals surface area contributed by atoms with Gasteiger partial charge in [0.2, 0.25) is 0 Å². The number of carbonyl (C=O) groups excluding carboxylic acids is 1. The Morgan fingerprint density at radius 1 is 1.00 bits per heavy atom. The summed E-state index contributed by atoms with van der Waals surface area (Å²) in [7, 11) is 1.61. The molecule has 0 spiro atoms. The summed E-state index contributed by atoms with van der Waals surface area (Å²) in [5, 5.41) is 13.3. The van der Waals surface area contributed by atoms with Crippen LogP contribution in [0.25, 0.3) is 21.7 Å². The van der Waals surface area contributed by atoms with Crippen molar-refractivity contribution in [3.8, 4) is 27.4 Å². The first-order chi connectivity index (χ1) is 18.3. The molecule has 4 rings (SSSR count). The van der Waals surface area contributed by atoms with Crippen LogP contribution in [0.4, 0.5) is 0 Å². The van der Waals surface area contributed by atoms with Crippen LogP contribution in [0.1, 0.15) is 45.4 Å². The molecule has 1 atom stereocenters. The minimum absolute atomic E-state index is 0.174. The number of aliphatic carboxylic acids is 1. The number of aryl methyl sites for hydroxylation is 2. The minimum Gasteiger partial charge on any atom is -0.496 e. The zero-order valence-electron chi connectivity index (χ0n) is 22.1. The number of benzene rings is 3. The molecule has 0 saturated carbocycles. The van der Waals surface area contributed by atoms with Crippen LogP contribution in [-0.4, -0.2) is 29.1 Å². The van der Waals surface area contributed by atoms with Crippen molar-refractivity contribution < 1.29 is 19.4 Å². The van der Waals surface area contributed by atoms with Crippen LogP contribution >= 0.6 is 11.3 Å². The fourth-order valence-electron chi connectivity index (χ4n) is 4.35. The van der Waals surface area contributed by atoms with E-state index >= 15 is 0 Å². The lowest BCUT2D eigenvalue weighted by molar-refractivity contribution is -0.141. The maximum atomic E-state index is 13.1. The molecule has 7 heteroatoms. The Balaban J connectivity index is 1.52. The molecule has 196 valence electrons. The fraction of sp³-hybridized carbons (Fsp3) is 0.258. The van der Waals surface area contributed by atoms with Crippen molar-refractivity contribution in [3.05, 3.63) is 94.0 Å². The molecule has 1 unspecified atom stereocenters. The second-order valence-electron chi connectivity index (χ2n) is 9.36. The number of methoxy groups -OCH3 is 1. The summed E-state index contributed by atoms with van der Waals surface area (Å²) in [5.74, 6) is -0.674. The smallest absolute Gasteiger partial charge is 0.306 e. The highest BCUT2D eigenvalue weighted by Crippen LogP contribution is 2.30. The Labute approximate surface area is 227 Å². The lowest BCUT2D eigenvalue weighted by Gasteiger charge is -2.14. The Morgan fingerprint density at radius 2 is 1.71 bits per heavy atom. The van der Waals surface area contributed by atoms with Gasteiger partial charge in [-0.2, -0.15) is 0 Å². The van der Waals surface area contributed by atoms with Gasteiger partial charge in [0.15, 0.2) is 0 Å². The summed E-state index contributed by atoms with van der Waals surface area (Å²) in [6, 6.07) is 21.9. The number of carboxylic acid groups (broad SMARTS) is 1. The maximum absolute atomic E-state index is 13.1. The van der Waals surface area contributed by atoms with Crippen LogP contribution in [-0.2, 0) is 17.8 Å². The van der Waals surface area contributed by atoms with Crippen LogP contribution in [0.3, 0.4) is 0 Å². The molecule has 0 radical (unpaired) electrons. The molecule has 6 nitrogen and oxygen atoms in total. The van der Waals surface area contributed by atoms with Gasteiger partial charge in [-0.3, -0.25) is 9.59 Å². The topological polar surface area (TPSA) is 88.5 Å². The van der Waals surface area contributed by atoms with Gasteiger partial charge in [0, 0.05) is 17.7 Å². The first kappa shape index (κ1) is 27.1. The van der Waals surface area contributed by atoms with E-state index in [1.807, 2.05) is 87.5 Å². The number of ether oxygens (including phenoxy) is 1. The fourth-order valence-corrected chi connectivity index (χ4v) is 5.34. The second-order valence-corrected chi connectivity index (χ2v) is 10.4. The van der Waals surface area contributed by atoms with Crippen molar-refractivity contribution in [1.82, 2.24) is 10.3 Å². The van der Waals surface area contributed by atoms with Gasteiger partial charge < -0.3 is 15.2 Å². The summed E-state index contributed by atoms with van der Waals surface area (Å²) < 4.78 is 5.56. The molecule has 0 bridgehead atoms. The number of hydrogen-bond donors (Lipinski definition) is 2. The highest BCUT2D eigenvalue weighted by molar-refractivity contribution is 7.17. The number of thiazole rings is 1. The van der Waals surface area contributed by atoms with E-state index < -0.39 is 11.9 Å². The van der Waals surface area contributed by atoms with Crippen LogP contribution in [0.15, 0.2) is 66.7 Å². The maximum Gasteiger partial charge on any atom is 0.306 e. The van der Waals surface area contributed by atoms with Crippen molar-refractivity contribution in [1.29, 1.82) is 0 Å². The van der Waals surface area contributed by atoms with Gasteiger partial charge in [-0.15, -0.1) is 11.3 Å². The third-order valence-electron chi connectivity index (χ3n) is 6.61. The molecule has 0 aliphatic heterocycles.